The Balaban J connectivity index is 1.87. The lowest BCUT2D eigenvalue weighted by Gasteiger charge is -2.29. The number of benzene rings is 1. The minimum atomic E-state index is 0.0723. The second kappa shape index (κ2) is 8.06. The van der Waals surface area contributed by atoms with Gasteiger partial charge in [0.25, 0.3) is 0 Å². The number of para-hydroxylation sites is 1. The number of urea groups is 1. The average molecular weight is 303 g/mol. The minimum Gasteiger partial charge on any atom is -0.366 e. The molecule has 1 aliphatic heterocycles. The van der Waals surface area contributed by atoms with E-state index in [1.807, 2.05) is 4.90 Å². The van der Waals surface area contributed by atoms with Crippen LogP contribution in [0.5, 0.6) is 0 Å². The van der Waals surface area contributed by atoms with Crippen LogP contribution in [0, 0.1) is 0 Å². The molecule has 0 saturated heterocycles. The zero-order chi connectivity index (χ0) is 15.9. The number of carbonyl (C=O) groups is 1. The monoisotopic (exact) mass is 303 g/mol. The molecule has 1 unspecified atom stereocenters. The van der Waals surface area contributed by atoms with Crippen molar-refractivity contribution in [3.63, 3.8) is 0 Å². The largest absolute Gasteiger partial charge is 0.366 e. The van der Waals surface area contributed by atoms with Crippen molar-refractivity contribution in [2.24, 2.45) is 0 Å². The first-order valence-corrected chi connectivity index (χ1v) is 8.54. The third-order valence-corrected chi connectivity index (χ3v) is 4.28. The van der Waals surface area contributed by atoms with Gasteiger partial charge in [-0.15, -0.1) is 0 Å². The van der Waals surface area contributed by atoms with Crippen LogP contribution in [0.25, 0.3) is 0 Å². The van der Waals surface area contributed by atoms with Gasteiger partial charge < -0.3 is 15.1 Å². The summed E-state index contributed by atoms with van der Waals surface area (Å²) >= 11 is 0. The standard InChI is InChI=1S/C18H29N3O/c1-4-11-20(12-5-2)18(22)19-14-15(3)21-13-10-16-8-6-7-9-17(16)21/h6-9,15H,4-5,10-14H2,1-3H3,(H,19,22). The molecule has 22 heavy (non-hydrogen) atoms. The topological polar surface area (TPSA) is 35.6 Å². The molecule has 4 nitrogen and oxygen atoms in total. The molecule has 0 aromatic heterocycles. The number of hydrogen-bond donors (Lipinski definition) is 1. The highest BCUT2D eigenvalue weighted by molar-refractivity contribution is 5.74. The number of rotatable bonds is 7. The Bertz CT molecular complexity index is 483. The molecule has 0 saturated carbocycles. The van der Waals surface area contributed by atoms with Gasteiger partial charge in [0.1, 0.15) is 0 Å². The van der Waals surface area contributed by atoms with E-state index in [0.29, 0.717) is 12.6 Å². The quantitative estimate of drug-likeness (QED) is 0.839. The molecule has 2 amide bonds. The van der Waals surface area contributed by atoms with Crippen molar-refractivity contribution in [3.05, 3.63) is 29.8 Å². The van der Waals surface area contributed by atoms with Gasteiger partial charge in [-0.25, -0.2) is 4.79 Å². The lowest BCUT2D eigenvalue weighted by atomic mass is 10.2. The summed E-state index contributed by atoms with van der Waals surface area (Å²) in [6, 6.07) is 8.96. The van der Waals surface area contributed by atoms with Crippen LogP contribution in [-0.2, 0) is 6.42 Å². The van der Waals surface area contributed by atoms with E-state index < -0.39 is 0 Å². The van der Waals surface area contributed by atoms with E-state index in [2.05, 4.69) is 55.3 Å². The lowest BCUT2D eigenvalue weighted by molar-refractivity contribution is 0.197. The molecule has 122 valence electrons. The molecule has 4 heteroatoms. The maximum absolute atomic E-state index is 12.3. The third kappa shape index (κ3) is 3.93. The van der Waals surface area contributed by atoms with E-state index in [1.54, 1.807) is 0 Å². The zero-order valence-electron chi connectivity index (χ0n) is 14.1. The molecule has 1 N–H and O–H groups in total. The van der Waals surface area contributed by atoms with E-state index in [-0.39, 0.29) is 6.03 Å². The Labute approximate surface area is 134 Å². The molecule has 1 aromatic rings. The average Bonchev–Trinajstić information content (AvgIpc) is 2.96. The van der Waals surface area contributed by atoms with Crippen LogP contribution in [0.1, 0.15) is 39.2 Å². The van der Waals surface area contributed by atoms with Crippen LogP contribution < -0.4 is 10.2 Å². The number of amides is 2. The van der Waals surface area contributed by atoms with E-state index in [0.717, 1.165) is 38.9 Å². The van der Waals surface area contributed by atoms with Gasteiger partial charge in [0.15, 0.2) is 0 Å². The van der Waals surface area contributed by atoms with Gasteiger partial charge in [0.2, 0.25) is 0 Å². The predicted molar refractivity (Wildman–Crippen MR) is 92.5 cm³/mol. The summed E-state index contributed by atoms with van der Waals surface area (Å²) < 4.78 is 0. The van der Waals surface area contributed by atoms with E-state index in [1.165, 1.54) is 11.3 Å². The van der Waals surface area contributed by atoms with Crippen LogP contribution in [0.3, 0.4) is 0 Å². The molecule has 0 fully saturated rings. The highest BCUT2D eigenvalue weighted by atomic mass is 16.2. The van der Waals surface area contributed by atoms with Gasteiger partial charge in [0, 0.05) is 37.9 Å². The SMILES string of the molecule is CCCN(CCC)C(=O)NCC(C)N1CCc2ccccc21. The summed E-state index contributed by atoms with van der Waals surface area (Å²) in [5.41, 5.74) is 2.74. The van der Waals surface area contributed by atoms with Crippen LogP contribution in [-0.4, -0.2) is 43.2 Å². The van der Waals surface area contributed by atoms with Gasteiger partial charge in [-0.2, -0.15) is 0 Å². The van der Waals surface area contributed by atoms with Crippen LogP contribution in [0.4, 0.5) is 10.5 Å². The third-order valence-electron chi connectivity index (χ3n) is 4.28. The van der Waals surface area contributed by atoms with Crippen LogP contribution >= 0.6 is 0 Å². The number of hydrogen-bond acceptors (Lipinski definition) is 2. The number of nitrogens with zero attached hydrogens (tertiary/aromatic N) is 2. The van der Waals surface area contributed by atoms with Crippen molar-refractivity contribution >= 4 is 11.7 Å². The van der Waals surface area contributed by atoms with Crippen molar-refractivity contribution in [1.82, 2.24) is 10.2 Å². The first kappa shape index (κ1) is 16.7. The van der Waals surface area contributed by atoms with Crippen LogP contribution in [0.2, 0.25) is 0 Å². The molecule has 2 rings (SSSR count). The fraction of sp³-hybridized carbons (Fsp3) is 0.611. The normalized spacial score (nSPS) is 14.6. The summed E-state index contributed by atoms with van der Waals surface area (Å²) in [6.45, 7) is 9.81. The number of anilines is 1. The summed E-state index contributed by atoms with van der Waals surface area (Å²) in [5.74, 6) is 0. The fourth-order valence-corrected chi connectivity index (χ4v) is 3.13. The highest BCUT2D eigenvalue weighted by Gasteiger charge is 2.23. The van der Waals surface area contributed by atoms with Crippen molar-refractivity contribution < 1.29 is 4.79 Å². The molecule has 1 aromatic carbocycles. The van der Waals surface area contributed by atoms with Gasteiger partial charge in [-0.1, -0.05) is 32.0 Å². The maximum atomic E-state index is 12.3. The number of fused-ring (bicyclic) bond motifs is 1. The van der Waals surface area contributed by atoms with Gasteiger partial charge in [-0.3, -0.25) is 0 Å². The Hall–Kier alpha value is -1.71. The molecule has 0 aliphatic carbocycles. The molecule has 0 spiro atoms. The summed E-state index contributed by atoms with van der Waals surface area (Å²) in [7, 11) is 0. The molecule has 1 aliphatic rings. The molecule has 1 heterocycles. The van der Waals surface area contributed by atoms with Gasteiger partial charge in [0.05, 0.1) is 0 Å². The Morgan fingerprint density at radius 2 is 1.95 bits per heavy atom. The summed E-state index contributed by atoms with van der Waals surface area (Å²) in [6.07, 6.45) is 3.11. The van der Waals surface area contributed by atoms with Gasteiger partial charge in [-0.05, 0) is 37.8 Å². The van der Waals surface area contributed by atoms with Crippen molar-refractivity contribution in [3.8, 4) is 0 Å². The van der Waals surface area contributed by atoms with Crippen molar-refractivity contribution in [2.75, 3.05) is 31.1 Å². The Morgan fingerprint density at radius 3 is 2.64 bits per heavy atom. The first-order chi connectivity index (χ1) is 10.7. The lowest BCUT2D eigenvalue weighted by Crippen LogP contribution is -2.47. The molecule has 0 radical (unpaired) electrons. The zero-order valence-corrected chi connectivity index (χ0v) is 14.1. The highest BCUT2D eigenvalue weighted by Crippen LogP contribution is 2.28. The van der Waals surface area contributed by atoms with Crippen molar-refractivity contribution in [2.45, 2.75) is 46.1 Å². The Kier molecular flexibility index (Phi) is 6.10. The summed E-state index contributed by atoms with van der Waals surface area (Å²) in [4.78, 5) is 16.6. The van der Waals surface area contributed by atoms with Gasteiger partial charge >= 0.3 is 6.03 Å². The molecular weight excluding hydrogens is 274 g/mol. The predicted octanol–water partition coefficient (Wildman–Crippen LogP) is 3.27. The Morgan fingerprint density at radius 1 is 1.27 bits per heavy atom. The second-order valence-corrected chi connectivity index (χ2v) is 6.09. The summed E-state index contributed by atoms with van der Waals surface area (Å²) in [5, 5.41) is 3.11. The fourth-order valence-electron chi connectivity index (χ4n) is 3.13. The second-order valence-electron chi connectivity index (χ2n) is 6.09. The minimum absolute atomic E-state index is 0.0723. The molecule has 1 atom stereocenters. The first-order valence-electron chi connectivity index (χ1n) is 8.54. The van der Waals surface area contributed by atoms with Crippen molar-refractivity contribution in [1.29, 1.82) is 0 Å². The number of nitrogens with one attached hydrogen (secondary N) is 1. The molecule has 0 bridgehead atoms. The van der Waals surface area contributed by atoms with E-state index >= 15 is 0 Å². The molecular formula is C18H29N3O. The van der Waals surface area contributed by atoms with Crippen LogP contribution in [0.15, 0.2) is 24.3 Å². The van der Waals surface area contributed by atoms with E-state index in [9.17, 15) is 4.79 Å². The smallest absolute Gasteiger partial charge is 0.317 e. The maximum Gasteiger partial charge on any atom is 0.317 e. The van der Waals surface area contributed by atoms with E-state index in [4.69, 9.17) is 0 Å². The number of carbonyl (C=O) groups excluding carboxylic acids is 1.